The fourth-order valence-electron chi connectivity index (χ4n) is 4.83. The number of aromatic nitrogens is 2. The van der Waals surface area contributed by atoms with E-state index in [-0.39, 0.29) is 12.7 Å². The Hall–Kier alpha value is -4.01. The molecule has 2 aliphatic rings. The van der Waals surface area contributed by atoms with Gasteiger partial charge in [-0.2, -0.15) is 5.10 Å². The summed E-state index contributed by atoms with van der Waals surface area (Å²) < 4.78 is 18.0. The molecule has 4 aromatic rings. The molecule has 1 fully saturated rings. The van der Waals surface area contributed by atoms with Gasteiger partial charge in [-0.1, -0.05) is 35.9 Å². The highest BCUT2D eigenvalue weighted by molar-refractivity contribution is 6.30. The molecule has 0 N–H and O–H groups in total. The summed E-state index contributed by atoms with van der Waals surface area (Å²) in [5.41, 5.74) is 3.95. The number of fused-ring (bicyclic) bond motifs is 1. The summed E-state index contributed by atoms with van der Waals surface area (Å²) in [7, 11) is 1.63. The minimum atomic E-state index is -0.0608. The number of rotatable bonds is 6. The number of halogens is 1. The lowest BCUT2D eigenvalue weighted by atomic mass is 10.1. The van der Waals surface area contributed by atoms with Crippen LogP contribution in [-0.4, -0.2) is 65.6 Å². The van der Waals surface area contributed by atoms with Crippen LogP contribution in [0.15, 0.2) is 72.8 Å². The molecule has 0 spiro atoms. The highest BCUT2D eigenvalue weighted by Gasteiger charge is 2.27. The first-order chi connectivity index (χ1) is 18.6. The number of ether oxygens (including phenoxy) is 3. The van der Waals surface area contributed by atoms with Crippen LogP contribution in [0.2, 0.25) is 5.02 Å². The molecule has 3 heterocycles. The van der Waals surface area contributed by atoms with Crippen LogP contribution in [0.3, 0.4) is 0 Å². The van der Waals surface area contributed by atoms with Crippen LogP contribution in [-0.2, 0) is 6.54 Å². The third-order valence-electron chi connectivity index (χ3n) is 6.85. The predicted octanol–water partition coefficient (Wildman–Crippen LogP) is 4.89. The maximum Gasteiger partial charge on any atom is 0.272 e. The first-order valence-corrected chi connectivity index (χ1v) is 12.9. The summed E-state index contributed by atoms with van der Waals surface area (Å²) in [5.74, 6) is 2.24. The molecule has 0 unspecified atom stereocenters. The molecule has 0 bridgehead atoms. The summed E-state index contributed by atoms with van der Waals surface area (Å²) in [6.07, 6.45) is 0. The molecule has 6 rings (SSSR count). The minimum Gasteiger partial charge on any atom is -0.497 e. The Morgan fingerprint density at radius 1 is 0.947 bits per heavy atom. The molecule has 0 radical (unpaired) electrons. The van der Waals surface area contributed by atoms with Crippen molar-refractivity contribution in [3.63, 3.8) is 0 Å². The topological polar surface area (TPSA) is 69.1 Å². The summed E-state index contributed by atoms with van der Waals surface area (Å²) in [4.78, 5) is 18.0. The van der Waals surface area contributed by atoms with Gasteiger partial charge >= 0.3 is 0 Å². The SMILES string of the molecule is COc1cccc(-c2cc(C(=O)N3CCN(Cc4ccc5c(c4)OCO5)CC3)n(-c3cccc(Cl)c3)n2)c1. The molecule has 1 saturated heterocycles. The Morgan fingerprint density at radius 3 is 2.58 bits per heavy atom. The summed E-state index contributed by atoms with van der Waals surface area (Å²) in [5, 5.41) is 5.38. The van der Waals surface area contributed by atoms with Gasteiger partial charge in [-0.25, -0.2) is 4.68 Å². The summed E-state index contributed by atoms with van der Waals surface area (Å²) in [6, 6.07) is 22.9. The van der Waals surface area contributed by atoms with Gasteiger partial charge in [0.15, 0.2) is 11.5 Å². The zero-order valence-corrected chi connectivity index (χ0v) is 21.7. The van der Waals surface area contributed by atoms with Crippen molar-refractivity contribution >= 4 is 17.5 Å². The molecule has 194 valence electrons. The van der Waals surface area contributed by atoms with E-state index in [9.17, 15) is 4.79 Å². The maximum atomic E-state index is 13.8. The van der Waals surface area contributed by atoms with Gasteiger partial charge in [0, 0.05) is 43.3 Å². The average Bonchev–Trinajstić information content (AvgIpc) is 3.61. The van der Waals surface area contributed by atoms with Crippen molar-refractivity contribution in [1.29, 1.82) is 0 Å². The second kappa shape index (κ2) is 10.4. The molecule has 2 aliphatic heterocycles. The number of benzene rings is 3. The number of hydrogen-bond acceptors (Lipinski definition) is 6. The normalized spacial score (nSPS) is 15.1. The average molecular weight is 531 g/mol. The predicted molar refractivity (Wildman–Crippen MR) is 144 cm³/mol. The van der Waals surface area contributed by atoms with Crippen molar-refractivity contribution in [3.05, 3.63) is 89.1 Å². The van der Waals surface area contributed by atoms with Crippen molar-refractivity contribution in [3.8, 4) is 34.2 Å². The van der Waals surface area contributed by atoms with Crippen LogP contribution in [0.25, 0.3) is 16.9 Å². The van der Waals surface area contributed by atoms with Crippen LogP contribution in [0.5, 0.6) is 17.2 Å². The highest BCUT2D eigenvalue weighted by Crippen LogP contribution is 2.33. The largest absolute Gasteiger partial charge is 0.497 e. The van der Waals surface area contributed by atoms with Crippen molar-refractivity contribution in [2.75, 3.05) is 40.1 Å². The van der Waals surface area contributed by atoms with Crippen LogP contribution in [0, 0.1) is 0 Å². The third-order valence-corrected chi connectivity index (χ3v) is 7.08. The zero-order chi connectivity index (χ0) is 26.1. The number of methoxy groups -OCH3 is 1. The maximum absolute atomic E-state index is 13.8. The van der Waals surface area contributed by atoms with Gasteiger partial charge in [0.05, 0.1) is 18.5 Å². The lowest BCUT2D eigenvalue weighted by Crippen LogP contribution is -2.48. The molecular weight excluding hydrogens is 504 g/mol. The number of carbonyl (C=O) groups excluding carboxylic acids is 1. The molecule has 0 aliphatic carbocycles. The number of carbonyl (C=O) groups is 1. The molecule has 0 saturated carbocycles. The number of amides is 1. The summed E-state index contributed by atoms with van der Waals surface area (Å²) >= 11 is 6.28. The van der Waals surface area contributed by atoms with Crippen LogP contribution >= 0.6 is 11.6 Å². The van der Waals surface area contributed by atoms with E-state index in [1.807, 2.05) is 65.6 Å². The smallest absolute Gasteiger partial charge is 0.272 e. The van der Waals surface area contributed by atoms with Crippen LogP contribution in [0.4, 0.5) is 0 Å². The molecule has 9 heteroatoms. The van der Waals surface area contributed by atoms with Gasteiger partial charge < -0.3 is 19.1 Å². The van der Waals surface area contributed by atoms with E-state index >= 15 is 0 Å². The van der Waals surface area contributed by atoms with Gasteiger partial charge in [-0.3, -0.25) is 9.69 Å². The molecule has 0 atom stereocenters. The van der Waals surface area contributed by atoms with E-state index in [2.05, 4.69) is 11.0 Å². The fourth-order valence-corrected chi connectivity index (χ4v) is 5.01. The number of nitrogens with zero attached hydrogens (tertiary/aromatic N) is 4. The number of piperazine rings is 1. The molecule has 1 amide bonds. The van der Waals surface area contributed by atoms with E-state index in [0.717, 1.165) is 53.7 Å². The van der Waals surface area contributed by atoms with Gasteiger partial charge in [0.2, 0.25) is 6.79 Å². The van der Waals surface area contributed by atoms with E-state index in [0.29, 0.717) is 29.5 Å². The standard InChI is InChI=1S/C29H27ClN4O4/c1-36-24-7-2-4-21(15-24)25-17-26(34(31-25)23-6-3-5-22(30)16-23)29(35)33-12-10-32(11-13-33)18-20-8-9-27-28(14-20)38-19-37-27/h2-9,14-17H,10-13,18-19H2,1H3. The Morgan fingerprint density at radius 2 is 1.76 bits per heavy atom. The molecule has 3 aromatic carbocycles. The second-order valence-electron chi connectivity index (χ2n) is 9.29. The van der Waals surface area contributed by atoms with Crippen LogP contribution in [0.1, 0.15) is 16.1 Å². The van der Waals surface area contributed by atoms with Gasteiger partial charge in [0.1, 0.15) is 11.4 Å². The third kappa shape index (κ3) is 4.92. The molecule has 8 nitrogen and oxygen atoms in total. The van der Waals surface area contributed by atoms with E-state index in [1.54, 1.807) is 17.9 Å². The number of hydrogen-bond donors (Lipinski definition) is 0. The molecular formula is C29H27ClN4O4. The monoisotopic (exact) mass is 530 g/mol. The highest BCUT2D eigenvalue weighted by atomic mass is 35.5. The second-order valence-corrected chi connectivity index (χ2v) is 9.73. The van der Waals surface area contributed by atoms with Crippen molar-refractivity contribution in [1.82, 2.24) is 19.6 Å². The van der Waals surface area contributed by atoms with Gasteiger partial charge in [0.25, 0.3) is 5.91 Å². The lowest BCUT2D eigenvalue weighted by Gasteiger charge is -2.34. The Labute approximate surface area is 225 Å². The first kappa shape index (κ1) is 24.3. The van der Waals surface area contributed by atoms with E-state index < -0.39 is 0 Å². The minimum absolute atomic E-state index is 0.0608. The van der Waals surface area contributed by atoms with Gasteiger partial charge in [-0.05, 0) is 54.1 Å². The van der Waals surface area contributed by atoms with E-state index in [1.165, 1.54) is 0 Å². The lowest BCUT2D eigenvalue weighted by molar-refractivity contribution is 0.0619. The van der Waals surface area contributed by atoms with Crippen molar-refractivity contribution < 1.29 is 19.0 Å². The summed E-state index contributed by atoms with van der Waals surface area (Å²) in [6.45, 7) is 3.85. The zero-order valence-electron chi connectivity index (χ0n) is 21.0. The van der Waals surface area contributed by atoms with Crippen molar-refractivity contribution in [2.24, 2.45) is 0 Å². The fraction of sp³-hybridized carbons (Fsp3) is 0.241. The Kier molecular flexibility index (Phi) is 6.66. The first-order valence-electron chi connectivity index (χ1n) is 12.5. The molecule has 38 heavy (non-hydrogen) atoms. The van der Waals surface area contributed by atoms with E-state index in [4.69, 9.17) is 30.9 Å². The van der Waals surface area contributed by atoms with Gasteiger partial charge in [-0.15, -0.1) is 0 Å². The Balaban J connectivity index is 1.22. The molecule has 1 aromatic heterocycles. The quantitative estimate of drug-likeness (QED) is 0.354. The van der Waals surface area contributed by atoms with Crippen molar-refractivity contribution in [2.45, 2.75) is 6.54 Å². The van der Waals surface area contributed by atoms with Crippen LogP contribution < -0.4 is 14.2 Å². The Bertz CT molecular complexity index is 1480.